The third kappa shape index (κ3) is 4.17. The Morgan fingerprint density at radius 3 is 2.48 bits per heavy atom. The SMILES string of the molecule is CCCN(CCOC)c1nc(C)nc2c1c(C)nn2-c1cnc(N(C)C)cc1C. The van der Waals surface area contributed by atoms with E-state index in [9.17, 15) is 0 Å². The molecule has 0 saturated heterocycles. The Kier molecular flexibility index (Phi) is 6.32. The van der Waals surface area contributed by atoms with E-state index in [1.165, 1.54) is 0 Å². The molecular formula is C21H31N7O. The lowest BCUT2D eigenvalue weighted by Gasteiger charge is -2.24. The van der Waals surface area contributed by atoms with Gasteiger partial charge in [0.2, 0.25) is 0 Å². The van der Waals surface area contributed by atoms with Crippen molar-refractivity contribution in [2.45, 2.75) is 34.1 Å². The number of ether oxygens (including phenoxy) is 1. The van der Waals surface area contributed by atoms with E-state index in [2.05, 4.69) is 29.8 Å². The smallest absolute Gasteiger partial charge is 0.169 e. The molecule has 3 aromatic rings. The van der Waals surface area contributed by atoms with Crippen molar-refractivity contribution in [2.75, 3.05) is 50.7 Å². The third-order valence-electron chi connectivity index (χ3n) is 4.91. The predicted molar refractivity (Wildman–Crippen MR) is 117 cm³/mol. The molecule has 0 aliphatic carbocycles. The van der Waals surface area contributed by atoms with Gasteiger partial charge in [0.15, 0.2) is 5.65 Å². The molecule has 0 spiro atoms. The van der Waals surface area contributed by atoms with Gasteiger partial charge in [-0.1, -0.05) is 6.92 Å². The quantitative estimate of drug-likeness (QED) is 0.578. The summed E-state index contributed by atoms with van der Waals surface area (Å²) in [5, 5.41) is 5.81. The van der Waals surface area contributed by atoms with Crippen molar-refractivity contribution in [1.82, 2.24) is 24.7 Å². The molecule has 156 valence electrons. The average molecular weight is 398 g/mol. The van der Waals surface area contributed by atoms with E-state index in [0.717, 1.165) is 64.9 Å². The summed E-state index contributed by atoms with van der Waals surface area (Å²) in [6.07, 6.45) is 2.89. The van der Waals surface area contributed by atoms with Gasteiger partial charge in [-0.2, -0.15) is 5.10 Å². The molecule has 0 aliphatic rings. The highest BCUT2D eigenvalue weighted by Crippen LogP contribution is 2.30. The fourth-order valence-electron chi connectivity index (χ4n) is 3.46. The summed E-state index contributed by atoms with van der Waals surface area (Å²) in [4.78, 5) is 18.4. The minimum absolute atomic E-state index is 0.646. The van der Waals surface area contributed by atoms with Crippen LogP contribution in [0, 0.1) is 20.8 Å². The van der Waals surface area contributed by atoms with Gasteiger partial charge in [-0.05, 0) is 38.8 Å². The number of pyridine rings is 1. The Morgan fingerprint density at radius 2 is 1.86 bits per heavy atom. The number of methoxy groups -OCH3 is 1. The van der Waals surface area contributed by atoms with Gasteiger partial charge >= 0.3 is 0 Å². The van der Waals surface area contributed by atoms with Gasteiger partial charge in [0.1, 0.15) is 17.5 Å². The molecule has 0 N–H and O–H groups in total. The van der Waals surface area contributed by atoms with Crippen LogP contribution < -0.4 is 9.80 Å². The summed E-state index contributed by atoms with van der Waals surface area (Å²) in [5.74, 6) is 2.56. The largest absolute Gasteiger partial charge is 0.383 e. The van der Waals surface area contributed by atoms with Crippen molar-refractivity contribution in [3.05, 3.63) is 29.3 Å². The number of aryl methyl sites for hydroxylation is 3. The number of anilines is 2. The number of hydrogen-bond donors (Lipinski definition) is 0. The van der Waals surface area contributed by atoms with Crippen LogP contribution in [-0.2, 0) is 4.74 Å². The van der Waals surface area contributed by atoms with Crippen LogP contribution in [0.15, 0.2) is 12.3 Å². The standard InChI is InChI=1S/C21H31N7O/c1-8-9-27(10-11-29-7)20-19-15(3)25-28(21(19)24-16(4)23-20)17-13-22-18(26(5)6)12-14(17)2/h12-13H,8-11H2,1-7H3. The van der Waals surface area contributed by atoms with Crippen molar-refractivity contribution in [2.24, 2.45) is 0 Å². The zero-order valence-corrected chi connectivity index (χ0v) is 18.5. The van der Waals surface area contributed by atoms with Crippen LogP contribution >= 0.6 is 0 Å². The van der Waals surface area contributed by atoms with Crippen LogP contribution in [0.25, 0.3) is 16.7 Å². The maximum atomic E-state index is 5.32. The van der Waals surface area contributed by atoms with Gasteiger partial charge in [0, 0.05) is 34.3 Å². The second kappa shape index (κ2) is 8.73. The van der Waals surface area contributed by atoms with Crippen LogP contribution in [0.3, 0.4) is 0 Å². The van der Waals surface area contributed by atoms with Gasteiger partial charge in [-0.15, -0.1) is 0 Å². The highest BCUT2D eigenvalue weighted by atomic mass is 16.5. The monoisotopic (exact) mass is 397 g/mol. The molecule has 0 fully saturated rings. The minimum atomic E-state index is 0.646. The first kappa shape index (κ1) is 21.0. The van der Waals surface area contributed by atoms with E-state index < -0.39 is 0 Å². The van der Waals surface area contributed by atoms with Gasteiger partial charge in [0.05, 0.1) is 29.6 Å². The topological polar surface area (TPSA) is 72.2 Å². The molecule has 0 unspecified atom stereocenters. The lowest BCUT2D eigenvalue weighted by molar-refractivity contribution is 0.205. The average Bonchev–Trinajstić information content (AvgIpc) is 3.00. The summed E-state index contributed by atoms with van der Waals surface area (Å²) in [7, 11) is 5.70. The van der Waals surface area contributed by atoms with E-state index in [1.807, 2.05) is 43.7 Å². The molecule has 3 rings (SSSR count). The molecule has 8 nitrogen and oxygen atoms in total. The molecule has 0 radical (unpaired) electrons. The molecule has 0 amide bonds. The normalized spacial score (nSPS) is 11.3. The lowest BCUT2D eigenvalue weighted by atomic mass is 10.2. The first-order valence-electron chi connectivity index (χ1n) is 9.99. The van der Waals surface area contributed by atoms with E-state index in [-0.39, 0.29) is 0 Å². The summed E-state index contributed by atoms with van der Waals surface area (Å²) in [6.45, 7) is 10.5. The molecular weight excluding hydrogens is 366 g/mol. The highest BCUT2D eigenvalue weighted by Gasteiger charge is 2.21. The molecule has 0 saturated carbocycles. The second-order valence-electron chi connectivity index (χ2n) is 7.49. The van der Waals surface area contributed by atoms with Gasteiger partial charge in [0.25, 0.3) is 0 Å². The van der Waals surface area contributed by atoms with Crippen molar-refractivity contribution < 1.29 is 4.74 Å². The maximum absolute atomic E-state index is 5.32. The van der Waals surface area contributed by atoms with Crippen LogP contribution in [0.2, 0.25) is 0 Å². The number of nitrogens with zero attached hydrogens (tertiary/aromatic N) is 7. The third-order valence-corrected chi connectivity index (χ3v) is 4.91. The molecule has 29 heavy (non-hydrogen) atoms. The summed E-state index contributed by atoms with van der Waals surface area (Å²) in [5.41, 5.74) is 3.74. The molecule has 3 aromatic heterocycles. The molecule has 8 heteroatoms. The van der Waals surface area contributed by atoms with Crippen LogP contribution in [-0.4, -0.2) is 65.6 Å². The first-order chi connectivity index (χ1) is 13.9. The van der Waals surface area contributed by atoms with Crippen molar-refractivity contribution in [3.63, 3.8) is 0 Å². The maximum Gasteiger partial charge on any atom is 0.169 e. The van der Waals surface area contributed by atoms with Crippen LogP contribution in [0.1, 0.15) is 30.4 Å². The Hall–Kier alpha value is -2.74. The summed E-state index contributed by atoms with van der Waals surface area (Å²) >= 11 is 0. The number of aromatic nitrogens is 5. The molecule has 0 bridgehead atoms. The Morgan fingerprint density at radius 1 is 1.10 bits per heavy atom. The lowest BCUT2D eigenvalue weighted by Crippen LogP contribution is -2.29. The summed E-state index contributed by atoms with van der Waals surface area (Å²) in [6, 6.07) is 2.06. The fraction of sp³-hybridized carbons (Fsp3) is 0.524. The zero-order valence-electron chi connectivity index (χ0n) is 18.5. The number of fused-ring (bicyclic) bond motifs is 1. The minimum Gasteiger partial charge on any atom is -0.383 e. The highest BCUT2D eigenvalue weighted by molar-refractivity contribution is 5.91. The molecule has 0 aromatic carbocycles. The van der Waals surface area contributed by atoms with Gasteiger partial charge in [-0.25, -0.2) is 19.6 Å². The van der Waals surface area contributed by atoms with Crippen LogP contribution in [0.4, 0.5) is 11.6 Å². The van der Waals surface area contributed by atoms with E-state index >= 15 is 0 Å². The van der Waals surface area contributed by atoms with Crippen LogP contribution in [0.5, 0.6) is 0 Å². The van der Waals surface area contributed by atoms with Crippen molar-refractivity contribution in [3.8, 4) is 5.69 Å². The Balaban J connectivity index is 2.19. The first-order valence-corrected chi connectivity index (χ1v) is 9.99. The Bertz CT molecular complexity index is 996. The van der Waals surface area contributed by atoms with Gasteiger partial charge in [-0.3, -0.25) is 0 Å². The predicted octanol–water partition coefficient (Wildman–Crippen LogP) is 3.06. The second-order valence-corrected chi connectivity index (χ2v) is 7.49. The summed E-state index contributed by atoms with van der Waals surface area (Å²) < 4.78 is 7.21. The van der Waals surface area contributed by atoms with Gasteiger partial charge < -0.3 is 14.5 Å². The Labute approximate surface area is 172 Å². The zero-order chi connectivity index (χ0) is 21.1. The van der Waals surface area contributed by atoms with E-state index in [0.29, 0.717) is 6.61 Å². The van der Waals surface area contributed by atoms with Crippen molar-refractivity contribution >= 4 is 22.7 Å². The fourth-order valence-corrected chi connectivity index (χ4v) is 3.46. The number of rotatable bonds is 8. The van der Waals surface area contributed by atoms with Crippen molar-refractivity contribution in [1.29, 1.82) is 0 Å². The molecule has 0 atom stereocenters. The number of hydrogen-bond acceptors (Lipinski definition) is 7. The molecule has 3 heterocycles. The molecule has 0 aliphatic heterocycles. The van der Waals surface area contributed by atoms with E-state index in [1.54, 1.807) is 7.11 Å². The van der Waals surface area contributed by atoms with E-state index in [4.69, 9.17) is 19.8 Å².